The van der Waals surface area contributed by atoms with Gasteiger partial charge in [0.25, 0.3) is 5.95 Å². The number of rotatable bonds is 3. The maximum absolute atomic E-state index is 13.3. The van der Waals surface area contributed by atoms with E-state index < -0.39 is 11.9 Å². The zero-order valence-electron chi connectivity index (χ0n) is 11.6. The van der Waals surface area contributed by atoms with E-state index in [4.69, 9.17) is 0 Å². The van der Waals surface area contributed by atoms with Gasteiger partial charge in [-0.25, -0.2) is 4.99 Å². The molecule has 1 aromatic heterocycles. The number of halogens is 3. The molecule has 3 aromatic rings. The Labute approximate surface area is 129 Å². The van der Waals surface area contributed by atoms with Gasteiger partial charge < -0.3 is 0 Å². The van der Waals surface area contributed by atoms with Crippen LogP contribution in [0.25, 0.3) is 5.69 Å². The molecule has 116 valence electrons. The van der Waals surface area contributed by atoms with Gasteiger partial charge in [-0.1, -0.05) is 53.6 Å². The molecule has 3 rings (SSSR count). The average Bonchev–Trinajstić information content (AvgIpc) is 3.01. The number of hydrogen-bond donors (Lipinski definition) is 0. The van der Waals surface area contributed by atoms with Crippen LogP contribution in [0.15, 0.2) is 65.7 Å². The number of hydrogen-bond acceptors (Lipinski definition) is 4. The summed E-state index contributed by atoms with van der Waals surface area (Å²) in [6, 6.07) is 15.9. The second kappa shape index (κ2) is 5.99. The predicted octanol–water partition coefficient (Wildman–Crippen LogP) is 3.35. The number of tetrazole rings is 1. The van der Waals surface area contributed by atoms with E-state index in [0.717, 1.165) is 4.68 Å². The second-order valence-electron chi connectivity index (χ2n) is 4.55. The minimum absolute atomic E-state index is 0.0531. The zero-order valence-corrected chi connectivity index (χ0v) is 11.6. The number of benzene rings is 2. The van der Waals surface area contributed by atoms with Crippen LogP contribution in [0.4, 0.5) is 19.1 Å². The average molecular weight is 317 g/mol. The molecule has 1 heterocycles. The summed E-state index contributed by atoms with van der Waals surface area (Å²) in [7, 11) is 0. The molecule has 5 nitrogen and oxygen atoms in total. The fraction of sp³-hybridized carbons (Fsp3) is 0.0667. The van der Waals surface area contributed by atoms with Crippen LogP contribution >= 0.6 is 0 Å². The van der Waals surface area contributed by atoms with Gasteiger partial charge in [0.2, 0.25) is 0 Å². The summed E-state index contributed by atoms with van der Waals surface area (Å²) in [6.45, 7) is 0. The number of nitrogens with zero attached hydrogens (tertiary/aromatic N) is 5. The maximum Gasteiger partial charge on any atom is 0.434 e. The van der Waals surface area contributed by atoms with E-state index in [2.05, 4.69) is 20.5 Å². The summed E-state index contributed by atoms with van der Waals surface area (Å²) in [5.74, 6) is -0.243. The highest BCUT2D eigenvalue weighted by Crippen LogP contribution is 2.25. The zero-order chi connectivity index (χ0) is 16.3. The Kier molecular flexibility index (Phi) is 3.88. The van der Waals surface area contributed by atoms with Crippen LogP contribution in [0, 0.1) is 0 Å². The molecule has 0 aliphatic heterocycles. The summed E-state index contributed by atoms with van der Waals surface area (Å²) in [4.78, 5) is 3.65. The Hall–Kier alpha value is -3.03. The number of aliphatic imine (C=N–C) groups is 1. The lowest BCUT2D eigenvalue weighted by Crippen LogP contribution is -2.24. The first-order valence-electron chi connectivity index (χ1n) is 6.61. The molecule has 0 N–H and O–H groups in total. The molecule has 0 bridgehead atoms. The topological polar surface area (TPSA) is 56.0 Å². The molecule has 0 amide bonds. The molecule has 0 saturated carbocycles. The first-order chi connectivity index (χ1) is 11.1. The van der Waals surface area contributed by atoms with Crippen molar-refractivity contribution in [1.82, 2.24) is 20.2 Å². The van der Waals surface area contributed by atoms with E-state index in [1.807, 2.05) is 0 Å². The molecule has 0 saturated heterocycles. The molecule has 0 unspecified atom stereocenters. The smallest absolute Gasteiger partial charge is 0.204 e. The van der Waals surface area contributed by atoms with Crippen LogP contribution in [-0.4, -0.2) is 32.1 Å². The van der Waals surface area contributed by atoms with Crippen LogP contribution in [0.3, 0.4) is 0 Å². The van der Waals surface area contributed by atoms with Crippen molar-refractivity contribution < 1.29 is 13.2 Å². The Morgan fingerprint density at radius 3 is 2.13 bits per heavy atom. The molecule has 23 heavy (non-hydrogen) atoms. The molecule has 8 heteroatoms. The van der Waals surface area contributed by atoms with E-state index in [0.29, 0.717) is 5.69 Å². The molecule has 0 radical (unpaired) electrons. The maximum atomic E-state index is 13.3. The summed E-state index contributed by atoms with van der Waals surface area (Å²) < 4.78 is 41.1. The highest BCUT2D eigenvalue weighted by Gasteiger charge is 2.37. The van der Waals surface area contributed by atoms with Crippen LogP contribution in [0.1, 0.15) is 5.56 Å². The molecule has 0 fully saturated rings. The van der Waals surface area contributed by atoms with Crippen molar-refractivity contribution in [3.63, 3.8) is 0 Å². The highest BCUT2D eigenvalue weighted by atomic mass is 19.4. The van der Waals surface area contributed by atoms with Gasteiger partial charge in [0.15, 0.2) is 5.71 Å². The van der Waals surface area contributed by atoms with E-state index in [-0.39, 0.29) is 11.5 Å². The van der Waals surface area contributed by atoms with Crippen molar-refractivity contribution in [2.45, 2.75) is 6.18 Å². The largest absolute Gasteiger partial charge is 0.434 e. The van der Waals surface area contributed by atoms with Gasteiger partial charge in [0.05, 0.1) is 5.69 Å². The Morgan fingerprint density at radius 2 is 1.52 bits per heavy atom. The summed E-state index contributed by atoms with van der Waals surface area (Å²) in [6.07, 6.45) is -4.63. The second-order valence-corrected chi connectivity index (χ2v) is 4.55. The SMILES string of the molecule is FC(F)(F)C(=Nc1nnnn1-c1ccccc1)c1ccccc1. The highest BCUT2D eigenvalue weighted by molar-refractivity contribution is 6.05. The van der Waals surface area contributed by atoms with Crippen molar-refractivity contribution in [2.24, 2.45) is 4.99 Å². The first kappa shape index (κ1) is 14.9. The van der Waals surface area contributed by atoms with Crippen molar-refractivity contribution >= 4 is 11.7 Å². The molecule has 0 spiro atoms. The first-order valence-corrected chi connectivity index (χ1v) is 6.61. The van der Waals surface area contributed by atoms with E-state index in [9.17, 15) is 13.2 Å². The fourth-order valence-corrected chi connectivity index (χ4v) is 1.98. The minimum atomic E-state index is -4.63. The molecule has 2 aromatic carbocycles. The third kappa shape index (κ3) is 3.25. The van der Waals surface area contributed by atoms with E-state index in [1.54, 1.807) is 36.4 Å². The number of aromatic nitrogens is 4. The molecular weight excluding hydrogens is 307 g/mol. The minimum Gasteiger partial charge on any atom is -0.204 e. The third-order valence-corrected chi connectivity index (χ3v) is 2.98. The van der Waals surface area contributed by atoms with Gasteiger partial charge in [-0.05, 0) is 22.6 Å². The normalized spacial score (nSPS) is 12.4. The van der Waals surface area contributed by atoms with E-state index in [1.165, 1.54) is 24.3 Å². The van der Waals surface area contributed by atoms with Crippen LogP contribution < -0.4 is 0 Å². The standard InChI is InChI=1S/C15H10F3N5/c16-15(17,18)13(11-7-3-1-4-8-11)19-14-20-21-22-23(14)12-9-5-2-6-10-12/h1-10H. The third-order valence-electron chi connectivity index (χ3n) is 2.98. The van der Waals surface area contributed by atoms with Crippen LogP contribution in [0.2, 0.25) is 0 Å². The summed E-state index contributed by atoms with van der Waals surface area (Å²) >= 11 is 0. The number of para-hydroxylation sites is 1. The van der Waals surface area contributed by atoms with Crippen molar-refractivity contribution in [3.8, 4) is 5.69 Å². The van der Waals surface area contributed by atoms with Gasteiger partial charge in [-0.15, -0.1) is 0 Å². The van der Waals surface area contributed by atoms with Crippen molar-refractivity contribution in [2.75, 3.05) is 0 Å². The molecule has 0 aliphatic carbocycles. The van der Waals surface area contributed by atoms with Gasteiger partial charge >= 0.3 is 6.18 Å². The van der Waals surface area contributed by atoms with E-state index >= 15 is 0 Å². The predicted molar refractivity (Wildman–Crippen MR) is 77.8 cm³/mol. The van der Waals surface area contributed by atoms with Crippen molar-refractivity contribution in [1.29, 1.82) is 0 Å². The van der Waals surface area contributed by atoms with Crippen LogP contribution in [-0.2, 0) is 0 Å². The monoisotopic (exact) mass is 317 g/mol. The van der Waals surface area contributed by atoms with Crippen LogP contribution in [0.5, 0.6) is 0 Å². The van der Waals surface area contributed by atoms with Gasteiger partial charge in [-0.3, -0.25) is 0 Å². The molecule has 0 aliphatic rings. The summed E-state index contributed by atoms with van der Waals surface area (Å²) in [5.41, 5.74) is -0.585. The Balaban J connectivity index is 2.11. The van der Waals surface area contributed by atoms with Gasteiger partial charge in [0.1, 0.15) is 0 Å². The fourth-order valence-electron chi connectivity index (χ4n) is 1.98. The Morgan fingerprint density at radius 1 is 0.913 bits per heavy atom. The lowest BCUT2D eigenvalue weighted by Gasteiger charge is -2.10. The summed E-state index contributed by atoms with van der Waals surface area (Å²) in [5, 5.41) is 10.7. The molecular formula is C15H10F3N5. The van der Waals surface area contributed by atoms with Crippen molar-refractivity contribution in [3.05, 3.63) is 66.2 Å². The quantitative estimate of drug-likeness (QED) is 0.696. The lowest BCUT2D eigenvalue weighted by molar-refractivity contribution is -0.0580. The van der Waals surface area contributed by atoms with Gasteiger partial charge in [0, 0.05) is 5.56 Å². The Bertz CT molecular complexity index is 810. The van der Waals surface area contributed by atoms with Gasteiger partial charge in [-0.2, -0.15) is 17.9 Å². The molecule has 0 atom stereocenters. The lowest BCUT2D eigenvalue weighted by atomic mass is 10.1. The number of alkyl halides is 3.